The van der Waals surface area contributed by atoms with E-state index in [-0.39, 0.29) is 5.97 Å². The van der Waals surface area contributed by atoms with Crippen LogP contribution in [0.2, 0.25) is 0 Å². The Morgan fingerprint density at radius 2 is 1.41 bits per heavy atom. The minimum Gasteiger partial charge on any atom is -0.481 e. The van der Waals surface area contributed by atoms with Gasteiger partial charge in [0.1, 0.15) is 6.61 Å². The molecule has 0 aliphatic heterocycles. The van der Waals surface area contributed by atoms with Gasteiger partial charge in [0.15, 0.2) is 0 Å². The third-order valence-electron chi connectivity index (χ3n) is 4.16. The number of nitrogens with one attached hydrogen (secondary N) is 4. The molecule has 0 aliphatic rings. The number of esters is 1. The van der Waals surface area contributed by atoms with Crippen LogP contribution in [0.5, 0.6) is 0 Å². The molecule has 0 fully saturated rings. The van der Waals surface area contributed by atoms with E-state index in [9.17, 15) is 9.59 Å². The molecule has 27 heavy (non-hydrogen) atoms. The second kappa shape index (κ2) is 18.1. The normalized spacial score (nSPS) is 13.3. The molecule has 2 atom stereocenters. The first-order valence-electron chi connectivity index (χ1n) is 9.95. The van der Waals surface area contributed by atoms with Gasteiger partial charge in [0, 0.05) is 58.9 Å². The molecule has 0 aromatic heterocycles. The number of carbonyl (C=O) groups excluding carboxylic acids is 1. The van der Waals surface area contributed by atoms with Crippen LogP contribution in [0.1, 0.15) is 26.7 Å². The highest BCUT2D eigenvalue weighted by atomic mass is 16.5. The molecular weight excluding hydrogens is 350 g/mol. The molecule has 9 nitrogen and oxygen atoms in total. The van der Waals surface area contributed by atoms with Gasteiger partial charge in [-0.05, 0) is 12.8 Å². The first-order valence-corrected chi connectivity index (χ1v) is 9.95. The molecule has 0 bridgehead atoms. The number of nitrogens with two attached hydrogens (primary N) is 1. The number of carboxylic acid groups (broad SMARTS) is 1. The molecule has 0 heterocycles. The van der Waals surface area contributed by atoms with Crippen molar-refractivity contribution in [2.24, 2.45) is 17.6 Å². The van der Waals surface area contributed by atoms with E-state index >= 15 is 0 Å². The van der Waals surface area contributed by atoms with Gasteiger partial charge in [0.25, 0.3) is 0 Å². The highest BCUT2D eigenvalue weighted by molar-refractivity contribution is 5.74. The van der Waals surface area contributed by atoms with Crippen molar-refractivity contribution in [1.29, 1.82) is 0 Å². The zero-order chi connectivity index (χ0) is 20.3. The maximum Gasteiger partial charge on any atom is 0.308 e. The van der Waals surface area contributed by atoms with Gasteiger partial charge >= 0.3 is 11.9 Å². The smallest absolute Gasteiger partial charge is 0.308 e. The number of rotatable bonds is 19. The number of ether oxygens (including phenoxy) is 1. The fourth-order valence-electron chi connectivity index (χ4n) is 2.46. The zero-order valence-electron chi connectivity index (χ0n) is 16.9. The fraction of sp³-hybridized carbons (Fsp3) is 0.889. The Kier molecular flexibility index (Phi) is 17.3. The monoisotopic (exact) mass is 389 g/mol. The molecule has 0 rings (SSSR count). The zero-order valence-corrected chi connectivity index (χ0v) is 16.9. The molecule has 0 aliphatic carbocycles. The van der Waals surface area contributed by atoms with Crippen LogP contribution in [0.15, 0.2) is 0 Å². The van der Waals surface area contributed by atoms with Gasteiger partial charge in [0.2, 0.25) is 0 Å². The summed E-state index contributed by atoms with van der Waals surface area (Å²) in [6, 6.07) is 0. The Morgan fingerprint density at radius 1 is 0.926 bits per heavy atom. The van der Waals surface area contributed by atoms with E-state index < -0.39 is 17.8 Å². The largest absolute Gasteiger partial charge is 0.481 e. The summed E-state index contributed by atoms with van der Waals surface area (Å²) in [5, 5.41) is 22.1. The molecule has 7 N–H and O–H groups in total. The Balaban J connectivity index is 3.43. The van der Waals surface area contributed by atoms with Crippen molar-refractivity contribution in [3.8, 4) is 0 Å². The maximum atomic E-state index is 11.9. The van der Waals surface area contributed by atoms with Crippen molar-refractivity contribution in [1.82, 2.24) is 21.3 Å². The lowest BCUT2D eigenvalue weighted by Gasteiger charge is -2.15. The van der Waals surface area contributed by atoms with Crippen LogP contribution in [-0.4, -0.2) is 82.6 Å². The van der Waals surface area contributed by atoms with Gasteiger partial charge < -0.3 is 36.8 Å². The number of aliphatic carboxylic acids is 1. The summed E-state index contributed by atoms with van der Waals surface area (Å²) in [7, 11) is 0. The molecule has 2 unspecified atom stereocenters. The van der Waals surface area contributed by atoms with Crippen LogP contribution in [0.4, 0.5) is 0 Å². The lowest BCUT2D eigenvalue weighted by molar-refractivity contribution is -0.149. The third-order valence-corrected chi connectivity index (χ3v) is 4.16. The van der Waals surface area contributed by atoms with E-state index in [4.69, 9.17) is 15.6 Å². The van der Waals surface area contributed by atoms with E-state index in [1.54, 1.807) is 6.92 Å². The Morgan fingerprint density at radius 3 is 1.85 bits per heavy atom. The predicted molar refractivity (Wildman–Crippen MR) is 107 cm³/mol. The molecule has 0 aromatic carbocycles. The second-order valence-corrected chi connectivity index (χ2v) is 6.54. The van der Waals surface area contributed by atoms with E-state index in [1.807, 2.05) is 6.92 Å². The summed E-state index contributed by atoms with van der Waals surface area (Å²) in [6.45, 7) is 11.2. The second-order valence-electron chi connectivity index (χ2n) is 6.54. The van der Waals surface area contributed by atoms with E-state index in [0.717, 1.165) is 45.8 Å². The highest BCUT2D eigenvalue weighted by Gasteiger charge is 2.23. The average molecular weight is 390 g/mol. The van der Waals surface area contributed by atoms with Crippen molar-refractivity contribution < 1.29 is 19.4 Å². The molecule has 0 saturated heterocycles. The number of hydrogen-bond donors (Lipinski definition) is 6. The van der Waals surface area contributed by atoms with Crippen LogP contribution < -0.4 is 27.0 Å². The van der Waals surface area contributed by atoms with Crippen molar-refractivity contribution in [2.75, 3.05) is 65.5 Å². The molecule has 0 saturated carbocycles. The summed E-state index contributed by atoms with van der Waals surface area (Å²) < 4.78 is 5.19. The molecule has 0 amide bonds. The van der Waals surface area contributed by atoms with Crippen molar-refractivity contribution in [3.63, 3.8) is 0 Å². The molecule has 160 valence electrons. The number of carboxylic acids is 1. The van der Waals surface area contributed by atoms with Gasteiger partial charge in [-0.25, -0.2) is 0 Å². The Hall–Kier alpha value is -1.26. The molecule has 9 heteroatoms. The van der Waals surface area contributed by atoms with Gasteiger partial charge in [-0.15, -0.1) is 0 Å². The van der Waals surface area contributed by atoms with Crippen LogP contribution in [0.25, 0.3) is 0 Å². The summed E-state index contributed by atoms with van der Waals surface area (Å²) in [6.07, 6.45) is 0.835. The van der Waals surface area contributed by atoms with Crippen LogP contribution in [0, 0.1) is 11.8 Å². The van der Waals surface area contributed by atoms with Crippen molar-refractivity contribution >= 4 is 11.9 Å². The highest BCUT2D eigenvalue weighted by Crippen LogP contribution is 2.16. The minimum atomic E-state index is -0.857. The lowest BCUT2D eigenvalue weighted by Crippen LogP contribution is -2.36. The van der Waals surface area contributed by atoms with E-state index in [0.29, 0.717) is 32.5 Å². The standard InChI is InChI=1S/C18H39N5O4/c1-3-16(17(24)25)14-15(2)18(26)27-13-12-23-11-10-22-9-8-21-7-6-20-5-4-19/h15-16,20-23H,3-14,19H2,1-2H3,(H,24,25). The van der Waals surface area contributed by atoms with Crippen LogP contribution >= 0.6 is 0 Å². The lowest BCUT2D eigenvalue weighted by atomic mass is 9.94. The predicted octanol–water partition coefficient (Wildman–Crippen LogP) is -1.02. The van der Waals surface area contributed by atoms with Crippen molar-refractivity contribution in [3.05, 3.63) is 0 Å². The molecule has 0 radical (unpaired) electrons. The summed E-state index contributed by atoms with van der Waals surface area (Å²) in [5.74, 6) is -2.08. The first kappa shape index (κ1) is 25.7. The summed E-state index contributed by atoms with van der Waals surface area (Å²) >= 11 is 0. The van der Waals surface area contributed by atoms with Crippen LogP contribution in [0.3, 0.4) is 0 Å². The van der Waals surface area contributed by atoms with Crippen LogP contribution in [-0.2, 0) is 14.3 Å². The summed E-state index contributed by atoms with van der Waals surface area (Å²) in [5.41, 5.74) is 5.39. The molecule has 0 aromatic rings. The maximum absolute atomic E-state index is 11.9. The minimum absolute atomic E-state index is 0.296. The Labute approximate surface area is 163 Å². The van der Waals surface area contributed by atoms with Gasteiger partial charge in [-0.3, -0.25) is 9.59 Å². The molecule has 0 spiro atoms. The van der Waals surface area contributed by atoms with Gasteiger partial charge in [-0.1, -0.05) is 13.8 Å². The molecular formula is C18H39N5O4. The van der Waals surface area contributed by atoms with Gasteiger partial charge in [-0.2, -0.15) is 0 Å². The average Bonchev–Trinajstić information content (AvgIpc) is 2.65. The topological polar surface area (TPSA) is 138 Å². The SMILES string of the molecule is CCC(CC(C)C(=O)OCCNCCNCCNCCNCCN)C(=O)O. The van der Waals surface area contributed by atoms with Crippen molar-refractivity contribution in [2.45, 2.75) is 26.7 Å². The third kappa shape index (κ3) is 15.5. The number of carbonyl (C=O) groups is 2. The Bertz CT molecular complexity index is 385. The van der Waals surface area contributed by atoms with E-state index in [1.165, 1.54) is 0 Å². The van der Waals surface area contributed by atoms with Gasteiger partial charge in [0.05, 0.1) is 11.8 Å². The summed E-state index contributed by atoms with van der Waals surface area (Å²) in [4.78, 5) is 22.9. The first-order chi connectivity index (χ1) is 13.0. The quantitative estimate of drug-likeness (QED) is 0.121. The van der Waals surface area contributed by atoms with E-state index in [2.05, 4.69) is 21.3 Å². The number of hydrogen-bond acceptors (Lipinski definition) is 8. The fourth-order valence-corrected chi connectivity index (χ4v) is 2.46.